The van der Waals surface area contributed by atoms with Crippen molar-refractivity contribution >= 4 is 23.2 Å². The third-order valence-electron chi connectivity index (χ3n) is 2.84. The molecule has 0 radical (unpaired) electrons. The minimum atomic E-state index is -0.791. The van der Waals surface area contributed by atoms with E-state index in [2.05, 4.69) is 17.0 Å². The van der Waals surface area contributed by atoms with Crippen molar-refractivity contribution in [2.24, 2.45) is 0 Å². The molecule has 6 heteroatoms. The van der Waals surface area contributed by atoms with Crippen LogP contribution in [0, 0.1) is 0 Å². The fourth-order valence-electron chi connectivity index (χ4n) is 1.95. The van der Waals surface area contributed by atoms with Crippen LogP contribution in [0.2, 0.25) is 10.0 Å². The van der Waals surface area contributed by atoms with Crippen molar-refractivity contribution in [2.45, 2.75) is 32.4 Å². The smallest absolute Gasteiger partial charge is 0.138 e. The Hall–Kier alpha value is -1.10. The Kier molecular flexibility index (Phi) is 4.80. The van der Waals surface area contributed by atoms with Crippen molar-refractivity contribution in [3.05, 3.63) is 46.0 Å². The average Bonchev–Trinajstić information content (AvgIpc) is 2.77. The first-order valence-corrected chi connectivity index (χ1v) is 6.87. The molecule has 0 fully saturated rings. The predicted octanol–water partition coefficient (Wildman–Crippen LogP) is 3.27. The second kappa shape index (κ2) is 6.37. The molecule has 0 saturated heterocycles. The lowest BCUT2D eigenvalue weighted by Gasteiger charge is -2.14. The zero-order valence-corrected chi connectivity index (χ0v) is 12.1. The van der Waals surface area contributed by atoms with Gasteiger partial charge in [0.1, 0.15) is 12.2 Å². The van der Waals surface area contributed by atoms with E-state index < -0.39 is 6.10 Å². The van der Waals surface area contributed by atoms with Crippen molar-refractivity contribution in [3.63, 3.8) is 0 Å². The molecule has 1 heterocycles. The van der Waals surface area contributed by atoms with Gasteiger partial charge in [-0.2, -0.15) is 5.10 Å². The minimum Gasteiger partial charge on any atom is -0.388 e. The molecule has 1 unspecified atom stereocenters. The summed E-state index contributed by atoms with van der Waals surface area (Å²) in [5.41, 5.74) is 0.539. The van der Waals surface area contributed by atoms with Crippen LogP contribution >= 0.6 is 23.2 Å². The third kappa shape index (κ3) is 3.26. The second-order valence-corrected chi connectivity index (χ2v) is 5.07. The SMILES string of the molecule is CCCn1ncnc1CC(O)c1c(Cl)cccc1Cl. The first kappa shape index (κ1) is 14.3. The molecule has 1 N–H and O–H groups in total. The van der Waals surface area contributed by atoms with Gasteiger partial charge in [0.05, 0.1) is 6.10 Å². The van der Waals surface area contributed by atoms with Crippen molar-refractivity contribution in [2.75, 3.05) is 0 Å². The van der Waals surface area contributed by atoms with E-state index in [1.165, 1.54) is 6.33 Å². The zero-order chi connectivity index (χ0) is 13.8. The van der Waals surface area contributed by atoms with Crippen LogP contribution in [-0.2, 0) is 13.0 Å². The van der Waals surface area contributed by atoms with E-state index in [4.69, 9.17) is 23.2 Å². The highest BCUT2D eigenvalue weighted by atomic mass is 35.5. The van der Waals surface area contributed by atoms with Gasteiger partial charge < -0.3 is 5.11 Å². The number of benzene rings is 1. The Balaban J connectivity index is 2.21. The van der Waals surface area contributed by atoms with E-state index in [0.29, 0.717) is 22.0 Å². The molecule has 2 aromatic rings. The van der Waals surface area contributed by atoms with Crippen LogP contribution in [0.4, 0.5) is 0 Å². The fourth-order valence-corrected chi connectivity index (χ4v) is 2.60. The third-order valence-corrected chi connectivity index (χ3v) is 3.50. The number of aliphatic hydroxyl groups excluding tert-OH is 1. The number of aliphatic hydroxyl groups is 1. The van der Waals surface area contributed by atoms with Gasteiger partial charge in [-0.05, 0) is 18.6 Å². The topological polar surface area (TPSA) is 50.9 Å². The number of aryl methyl sites for hydroxylation is 1. The summed E-state index contributed by atoms with van der Waals surface area (Å²) in [4.78, 5) is 4.17. The van der Waals surface area contributed by atoms with Crippen LogP contribution in [0.3, 0.4) is 0 Å². The molecule has 0 saturated carbocycles. The number of aromatic nitrogens is 3. The highest BCUT2D eigenvalue weighted by Crippen LogP contribution is 2.31. The monoisotopic (exact) mass is 299 g/mol. The number of rotatable bonds is 5. The van der Waals surface area contributed by atoms with Gasteiger partial charge >= 0.3 is 0 Å². The van der Waals surface area contributed by atoms with Gasteiger partial charge in [-0.25, -0.2) is 4.98 Å². The highest BCUT2D eigenvalue weighted by Gasteiger charge is 2.18. The molecule has 0 aliphatic carbocycles. The quantitative estimate of drug-likeness (QED) is 0.922. The lowest BCUT2D eigenvalue weighted by Crippen LogP contribution is -2.11. The maximum absolute atomic E-state index is 10.3. The lowest BCUT2D eigenvalue weighted by molar-refractivity contribution is 0.174. The predicted molar refractivity (Wildman–Crippen MR) is 75.4 cm³/mol. The molecule has 0 spiro atoms. The first-order valence-electron chi connectivity index (χ1n) is 6.12. The Labute approximate surface area is 122 Å². The van der Waals surface area contributed by atoms with Gasteiger partial charge in [0.15, 0.2) is 0 Å². The minimum absolute atomic E-state index is 0.337. The summed E-state index contributed by atoms with van der Waals surface area (Å²) in [6.07, 6.45) is 2.00. The van der Waals surface area contributed by atoms with Crippen LogP contribution in [0.5, 0.6) is 0 Å². The average molecular weight is 300 g/mol. The molecular weight excluding hydrogens is 285 g/mol. The summed E-state index contributed by atoms with van der Waals surface area (Å²) in [5.74, 6) is 0.727. The maximum atomic E-state index is 10.3. The second-order valence-electron chi connectivity index (χ2n) is 4.25. The van der Waals surface area contributed by atoms with Crippen molar-refractivity contribution in [3.8, 4) is 0 Å². The van der Waals surface area contributed by atoms with Crippen LogP contribution in [0.15, 0.2) is 24.5 Å². The van der Waals surface area contributed by atoms with E-state index in [0.717, 1.165) is 18.8 Å². The number of hydrogen-bond donors (Lipinski definition) is 1. The van der Waals surface area contributed by atoms with Crippen LogP contribution in [0.1, 0.15) is 30.8 Å². The molecule has 1 aromatic carbocycles. The molecule has 1 atom stereocenters. The van der Waals surface area contributed by atoms with E-state index >= 15 is 0 Å². The van der Waals surface area contributed by atoms with E-state index in [1.807, 2.05) is 0 Å². The van der Waals surface area contributed by atoms with E-state index in [1.54, 1.807) is 22.9 Å². The number of nitrogens with zero attached hydrogens (tertiary/aromatic N) is 3. The molecule has 1 aromatic heterocycles. The molecule has 0 amide bonds. The Morgan fingerprint density at radius 1 is 1.32 bits per heavy atom. The molecule has 2 rings (SSSR count). The lowest BCUT2D eigenvalue weighted by atomic mass is 10.1. The standard InChI is InChI=1S/C13H15Cl2N3O/c1-2-6-18-12(16-8-17-18)7-11(19)13-9(14)4-3-5-10(13)15/h3-5,8,11,19H,2,6-7H2,1H3. The fraction of sp³-hybridized carbons (Fsp3) is 0.385. The summed E-state index contributed by atoms with van der Waals surface area (Å²) >= 11 is 12.2. The van der Waals surface area contributed by atoms with Crippen LogP contribution in [-0.4, -0.2) is 19.9 Å². The van der Waals surface area contributed by atoms with Gasteiger partial charge in [-0.1, -0.05) is 36.2 Å². The van der Waals surface area contributed by atoms with Gasteiger partial charge in [-0.3, -0.25) is 4.68 Å². The van der Waals surface area contributed by atoms with Crippen molar-refractivity contribution in [1.29, 1.82) is 0 Å². The molecule has 19 heavy (non-hydrogen) atoms. The van der Waals surface area contributed by atoms with Crippen LogP contribution < -0.4 is 0 Å². The van der Waals surface area contributed by atoms with E-state index in [-0.39, 0.29) is 0 Å². The zero-order valence-electron chi connectivity index (χ0n) is 10.6. The Morgan fingerprint density at radius 2 is 2.00 bits per heavy atom. The maximum Gasteiger partial charge on any atom is 0.138 e. The molecule has 0 aliphatic rings. The number of halogens is 2. The summed E-state index contributed by atoms with van der Waals surface area (Å²) in [5, 5.41) is 15.3. The summed E-state index contributed by atoms with van der Waals surface area (Å²) in [7, 11) is 0. The molecular formula is C13H15Cl2N3O. The van der Waals surface area contributed by atoms with E-state index in [9.17, 15) is 5.11 Å². The van der Waals surface area contributed by atoms with Gasteiger partial charge in [0.2, 0.25) is 0 Å². The molecule has 0 aliphatic heterocycles. The molecule has 0 bridgehead atoms. The molecule has 102 valence electrons. The normalized spacial score (nSPS) is 12.6. The molecule has 4 nitrogen and oxygen atoms in total. The van der Waals surface area contributed by atoms with Gasteiger partial charge in [-0.15, -0.1) is 0 Å². The summed E-state index contributed by atoms with van der Waals surface area (Å²) < 4.78 is 1.79. The van der Waals surface area contributed by atoms with Crippen molar-refractivity contribution < 1.29 is 5.11 Å². The highest BCUT2D eigenvalue weighted by molar-refractivity contribution is 6.36. The first-order chi connectivity index (χ1) is 9.13. The Bertz CT molecular complexity index is 536. The van der Waals surface area contributed by atoms with Crippen molar-refractivity contribution in [1.82, 2.24) is 14.8 Å². The van der Waals surface area contributed by atoms with Gasteiger partial charge in [0.25, 0.3) is 0 Å². The van der Waals surface area contributed by atoms with Gasteiger partial charge in [0, 0.05) is 28.6 Å². The largest absolute Gasteiger partial charge is 0.388 e. The Morgan fingerprint density at radius 3 is 2.63 bits per heavy atom. The number of hydrogen-bond acceptors (Lipinski definition) is 3. The summed E-state index contributed by atoms with van der Waals surface area (Å²) in [6.45, 7) is 2.84. The summed E-state index contributed by atoms with van der Waals surface area (Å²) in [6, 6.07) is 5.17. The van der Waals surface area contributed by atoms with Crippen LogP contribution in [0.25, 0.3) is 0 Å².